The van der Waals surface area contributed by atoms with Gasteiger partial charge in [0.1, 0.15) is 25.0 Å². The molecular weight excluding hydrogens is 356 g/mol. The summed E-state index contributed by atoms with van der Waals surface area (Å²) in [4.78, 5) is 3.41. The molecule has 2 aromatic carbocycles. The van der Waals surface area contributed by atoms with Crippen LogP contribution in [0.3, 0.4) is 0 Å². The van der Waals surface area contributed by atoms with Gasteiger partial charge in [-0.05, 0) is 36.4 Å². The Morgan fingerprint density at radius 3 is 2.65 bits per heavy atom. The van der Waals surface area contributed by atoms with E-state index in [4.69, 9.17) is 4.74 Å². The number of aromatic amines is 1. The van der Waals surface area contributed by atoms with Crippen molar-refractivity contribution >= 4 is 27.0 Å². The number of aryl methyl sites for hydroxylation is 1. The van der Waals surface area contributed by atoms with Crippen molar-refractivity contribution in [3.8, 4) is 5.75 Å². The Hall–Kier alpha value is -1.85. The summed E-state index contributed by atoms with van der Waals surface area (Å²) in [6, 6.07) is 15.7. The van der Waals surface area contributed by atoms with Gasteiger partial charge in [0.15, 0.2) is 11.0 Å². The van der Waals surface area contributed by atoms with Gasteiger partial charge in [0.2, 0.25) is 0 Å². The van der Waals surface area contributed by atoms with Crippen molar-refractivity contribution in [1.29, 1.82) is 0 Å². The minimum Gasteiger partial charge on any atom is -0.491 e. The van der Waals surface area contributed by atoms with E-state index in [-0.39, 0.29) is 6.61 Å². The molecule has 1 heterocycles. The van der Waals surface area contributed by atoms with Gasteiger partial charge < -0.3 is 9.84 Å². The minimum absolute atomic E-state index is 0.261. The van der Waals surface area contributed by atoms with Gasteiger partial charge in [-0.1, -0.05) is 35.0 Å². The molecule has 5 heteroatoms. The number of para-hydroxylation sites is 2. The molecule has 0 saturated heterocycles. The Morgan fingerprint density at radius 1 is 1.17 bits per heavy atom. The molecular formula is C18H20BrN2O2+. The molecule has 4 nitrogen and oxygen atoms in total. The van der Waals surface area contributed by atoms with Crippen LogP contribution in [0.2, 0.25) is 0 Å². The smallest absolute Gasteiger partial charge is 0.254 e. The topological polar surface area (TPSA) is 49.1 Å². The molecule has 0 amide bonds. The van der Waals surface area contributed by atoms with Gasteiger partial charge in [0.05, 0.1) is 0 Å². The van der Waals surface area contributed by atoms with E-state index in [9.17, 15) is 5.11 Å². The highest BCUT2D eigenvalue weighted by molar-refractivity contribution is 9.10. The second-order valence-electron chi connectivity index (χ2n) is 5.47. The lowest BCUT2D eigenvalue weighted by molar-refractivity contribution is -0.685. The molecule has 0 aliphatic rings. The lowest BCUT2D eigenvalue weighted by Gasteiger charge is -2.12. The second kappa shape index (κ2) is 7.15. The Labute approximate surface area is 143 Å². The van der Waals surface area contributed by atoms with Crippen LogP contribution in [0, 0.1) is 0 Å². The number of imidazole rings is 1. The first kappa shape index (κ1) is 16.0. The lowest BCUT2D eigenvalue weighted by atomic mass is 10.3. The van der Waals surface area contributed by atoms with Gasteiger partial charge in [-0.25, -0.2) is 9.55 Å². The van der Waals surface area contributed by atoms with E-state index in [0.717, 1.165) is 33.5 Å². The maximum absolute atomic E-state index is 10.3. The van der Waals surface area contributed by atoms with Gasteiger partial charge >= 0.3 is 0 Å². The number of nitrogens with one attached hydrogen (secondary N) is 1. The molecule has 0 aliphatic carbocycles. The van der Waals surface area contributed by atoms with Crippen LogP contribution in [-0.2, 0) is 13.0 Å². The Kier molecular flexibility index (Phi) is 4.98. The minimum atomic E-state index is -0.576. The van der Waals surface area contributed by atoms with Crippen LogP contribution in [0.5, 0.6) is 5.75 Å². The van der Waals surface area contributed by atoms with E-state index in [1.54, 1.807) is 0 Å². The van der Waals surface area contributed by atoms with Crippen LogP contribution < -0.4 is 9.30 Å². The van der Waals surface area contributed by atoms with E-state index in [2.05, 4.69) is 44.5 Å². The summed E-state index contributed by atoms with van der Waals surface area (Å²) in [5.74, 6) is 1.86. The molecule has 23 heavy (non-hydrogen) atoms. The molecule has 1 aromatic heterocycles. The summed E-state index contributed by atoms with van der Waals surface area (Å²) >= 11 is 3.39. The second-order valence-corrected chi connectivity index (χ2v) is 6.39. The van der Waals surface area contributed by atoms with Crippen molar-refractivity contribution in [3.63, 3.8) is 0 Å². The summed E-state index contributed by atoms with van der Waals surface area (Å²) < 4.78 is 8.80. The average molecular weight is 376 g/mol. The summed E-state index contributed by atoms with van der Waals surface area (Å²) in [5.41, 5.74) is 2.19. The monoisotopic (exact) mass is 375 g/mol. The zero-order valence-electron chi connectivity index (χ0n) is 13.0. The molecule has 0 fully saturated rings. The first-order valence-electron chi connectivity index (χ1n) is 7.73. The third-order valence-electron chi connectivity index (χ3n) is 3.78. The lowest BCUT2D eigenvalue weighted by Crippen LogP contribution is -2.44. The number of rotatable bonds is 6. The van der Waals surface area contributed by atoms with E-state index >= 15 is 0 Å². The number of halogens is 1. The van der Waals surface area contributed by atoms with Crippen molar-refractivity contribution in [2.24, 2.45) is 0 Å². The molecule has 1 unspecified atom stereocenters. The van der Waals surface area contributed by atoms with Crippen LogP contribution >= 0.6 is 15.9 Å². The van der Waals surface area contributed by atoms with Gasteiger partial charge in [-0.2, -0.15) is 0 Å². The van der Waals surface area contributed by atoms with E-state index < -0.39 is 6.10 Å². The highest BCUT2D eigenvalue weighted by Crippen LogP contribution is 2.16. The molecule has 3 rings (SSSR count). The zero-order valence-corrected chi connectivity index (χ0v) is 14.6. The van der Waals surface area contributed by atoms with E-state index in [1.165, 1.54) is 0 Å². The number of aliphatic hydroxyl groups is 1. The SMILES string of the molecule is CCc1[nH]c2ccccc2[n+]1CC(O)COc1ccc(Br)cc1. The van der Waals surface area contributed by atoms with Crippen molar-refractivity contribution in [1.82, 2.24) is 4.98 Å². The first-order valence-corrected chi connectivity index (χ1v) is 8.52. The number of hydrogen-bond donors (Lipinski definition) is 2. The highest BCUT2D eigenvalue weighted by atomic mass is 79.9. The predicted octanol–water partition coefficient (Wildman–Crippen LogP) is 3.22. The van der Waals surface area contributed by atoms with E-state index in [1.807, 2.05) is 36.4 Å². The molecule has 0 aliphatic heterocycles. The third kappa shape index (κ3) is 3.74. The molecule has 120 valence electrons. The zero-order chi connectivity index (χ0) is 16.2. The van der Waals surface area contributed by atoms with Gasteiger partial charge in [-0.3, -0.25) is 0 Å². The van der Waals surface area contributed by atoms with E-state index in [0.29, 0.717) is 6.54 Å². The Bertz CT molecular complexity index is 783. The van der Waals surface area contributed by atoms with Crippen molar-refractivity contribution in [2.45, 2.75) is 26.0 Å². The summed E-state index contributed by atoms with van der Waals surface area (Å²) in [7, 11) is 0. The molecule has 0 saturated carbocycles. The fourth-order valence-electron chi connectivity index (χ4n) is 2.66. The fourth-order valence-corrected chi connectivity index (χ4v) is 2.92. The Balaban J connectivity index is 1.70. The number of fused-ring (bicyclic) bond motifs is 1. The largest absolute Gasteiger partial charge is 0.491 e. The van der Waals surface area contributed by atoms with Gasteiger partial charge in [0, 0.05) is 10.9 Å². The number of ether oxygens (including phenoxy) is 1. The predicted molar refractivity (Wildman–Crippen MR) is 93.5 cm³/mol. The Morgan fingerprint density at radius 2 is 1.91 bits per heavy atom. The summed E-state index contributed by atoms with van der Waals surface area (Å²) in [6.45, 7) is 2.87. The van der Waals surface area contributed by atoms with Crippen LogP contribution in [0.15, 0.2) is 53.0 Å². The quantitative estimate of drug-likeness (QED) is 0.649. The van der Waals surface area contributed by atoms with Crippen molar-refractivity contribution < 1.29 is 14.4 Å². The molecule has 0 spiro atoms. The highest BCUT2D eigenvalue weighted by Gasteiger charge is 2.19. The van der Waals surface area contributed by atoms with Crippen LogP contribution in [0.25, 0.3) is 11.0 Å². The number of H-pyrrole nitrogens is 1. The standard InChI is InChI=1S/C18H19BrN2O2/c1-2-18-20-16-5-3-4-6-17(16)21(18)11-14(22)12-23-15-9-7-13(19)8-10-15/h3-10,14,22H,2,11-12H2,1H3/p+1. The number of aromatic nitrogens is 2. The van der Waals surface area contributed by atoms with Crippen LogP contribution in [0.4, 0.5) is 0 Å². The normalized spacial score (nSPS) is 12.5. The molecule has 3 aromatic rings. The maximum Gasteiger partial charge on any atom is 0.254 e. The fraction of sp³-hybridized carbons (Fsp3) is 0.278. The molecule has 1 atom stereocenters. The van der Waals surface area contributed by atoms with Gasteiger partial charge in [-0.15, -0.1) is 0 Å². The summed E-state index contributed by atoms with van der Waals surface area (Å²) in [5, 5.41) is 10.3. The number of benzene rings is 2. The number of nitrogens with zero attached hydrogens (tertiary/aromatic N) is 1. The summed E-state index contributed by atoms with van der Waals surface area (Å²) in [6.07, 6.45) is 0.308. The van der Waals surface area contributed by atoms with Gasteiger partial charge in [0.25, 0.3) is 5.82 Å². The van der Waals surface area contributed by atoms with Crippen LogP contribution in [-0.4, -0.2) is 22.8 Å². The molecule has 0 bridgehead atoms. The maximum atomic E-state index is 10.3. The van der Waals surface area contributed by atoms with Crippen LogP contribution in [0.1, 0.15) is 12.7 Å². The molecule has 0 radical (unpaired) electrons. The van der Waals surface area contributed by atoms with Crippen molar-refractivity contribution in [2.75, 3.05) is 6.61 Å². The number of aliphatic hydroxyl groups excluding tert-OH is 1. The molecule has 2 N–H and O–H groups in total. The third-order valence-corrected chi connectivity index (χ3v) is 4.31. The number of hydrogen-bond acceptors (Lipinski definition) is 2. The van der Waals surface area contributed by atoms with Crippen molar-refractivity contribution in [3.05, 3.63) is 58.8 Å². The first-order chi connectivity index (χ1) is 11.2. The average Bonchev–Trinajstić information content (AvgIpc) is 2.92.